The number of halogens is 1. The molecule has 3 aromatic rings. The van der Waals surface area contributed by atoms with E-state index in [1.807, 2.05) is 54.6 Å². The lowest BCUT2D eigenvalue weighted by Gasteiger charge is -2.30. The largest absolute Gasteiger partial charge is 0.368 e. The maximum atomic E-state index is 12.5. The number of hydrogen-bond donors (Lipinski definition) is 1. The van der Waals surface area contributed by atoms with E-state index in [1.165, 1.54) is 19.3 Å². The molecule has 1 atom stereocenters. The molecule has 2 N–H and O–H groups in total. The Hall–Kier alpha value is -2.33. The van der Waals surface area contributed by atoms with Crippen molar-refractivity contribution < 1.29 is 4.79 Å². The number of imidazole rings is 1. The number of carbonyl (C=O) groups is 1. The van der Waals surface area contributed by atoms with Crippen molar-refractivity contribution in [2.75, 3.05) is 0 Å². The summed E-state index contributed by atoms with van der Waals surface area (Å²) in [6.07, 6.45) is 5.68. The molecule has 26 heavy (non-hydrogen) atoms. The molecular formula is C21H24ClN3O. The van der Waals surface area contributed by atoms with Gasteiger partial charge in [0.05, 0.1) is 11.0 Å². The molecule has 1 amide bonds. The van der Waals surface area contributed by atoms with Crippen molar-refractivity contribution in [1.82, 2.24) is 9.55 Å². The van der Waals surface area contributed by atoms with Gasteiger partial charge in [0.15, 0.2) is 0 Å². The quantitative estimate of drug-likeness (QED) is 0.722. The first-order chi connectivity index (χ1) is 12.3. The van der Waals surface area contributed by atoms with Crippen molar-refractivity contribution in [3.05, 3.63) is 54.6 Å². The number of para-hydroxylation sites is 2. The van der Waals surface area contributed by atoms with Crippen LogP contribution in [0.5, 0.6) is 0 Å². The molecule has 1 saturated carbocycles. The first kappa shape index (κ1) is 18.5. The minimum Gasteiger partial charge on any atom is -0.368 e. The summed E-state index contributed by atoms with van der Waals surface area (Å²) in [4.78, 5) is 17.3. The molecule has 2 aromatic carbocycles. The van der Waals surface area contributed by atoms with Crippen molar-refractivity contribution in [2.45, 2.75) is 38.1 Å². The number of primary amides is 1. The second kappa shape index (κ2) is 7.92. The number of rotatable bonds is 4. The maximum Gasteiger partial charge on any atom is 0.240 e. The Morgan fingerprint density at radius 3 is 2.35 bits per heavy atom. The van der Waals surface area contributed by atoms with Crippen LogP contribution >= 0.6 is 12.4 Å². The Morgan fingerprint density at radius 2 is 1.65 bits per heavy atom. The Kier molecular flexibility index (Phi) is 5.62. The van der Waals surface area contributed by atoms with Crippen LogP contribution in [-0.4, -0.2) is 15.5 Å². The van der Waals surface area contributed by atoms with Crippen LogP contribution < -0.4 is 5.73 Å². The summed E-state index contributed by atoms with van der Waals surface area (Å²) >= 11 is 0. The second-order valence-electron chi connectivity index (χ2n) is 6.91. The van der Waals surface area contributed by atoms with Gasteiger partial charge in [0, 0.05) is 5.56 Å². The summed E-state index contributed by atoms with van der Waals surface area (Å²) in [7, 11) is 0. The number of nitrogens with two attached hydrogens (primary N) is 1. The van der Waals surface area contributed by atoms with E-state index in [0.29, 0.717) is 0 Å². The predicted molar refractivity (Wildman–Crippen MR) is 107 cm³/mol. The molecule has 5 heteroatoms. The van der Waals surface area contributed by atoms with E-state index in [0.717, 1.165) is 35.3 Å². The van der Waals surface area contributed by atoms with Gasteiger partial charge in [0.1, 0.15) is 11.9 Å². The van der Waals surface area contributed by atoms with Gasteiger partial charge in [-0.15, -0.1) is 12.4 Å². The highest BCUT2D eigenvalue weighted by Crippen LogP contribution is 2.37. The van der Waals surface area contributed by atoms with E-state index < -0.39 is 0 Å². The molecule has 1 heterocycles. The van der Waals surface area contributed by atoms with E-state index in [1.54, 1.807) is 0 Å². The lowest BCUT2D eigenvalue weighted by Crippen LogP contribution is -2.34. The highest BCUT2D eigenvalue weighted by atomic mass is 35.5. The standard InChI is InChI=1S/C21H23N3O.ClH/c22-20(25)19(15-9-3-1-4-10-15)24-18-14-8-7-13-17(18)23-21(24)16-11-5-2-6-12-16;/h2,5-8,11-15,19H,1,3-4,9-10H2,(H2,22,25);1H. The fourth-order valence-corrected chi connectivity index (χ4v) is 4.14. The molecule has 0 saturated heterocycles. The monoisotopic (exact) mass is 369 g/mol. The zero-order chi connectivity index (χ0) is 17.2. The molecule has 0 bridgehead atoms. The predicted octanol–water partition coefficient (Wildman–Crippen LogP) is 4.73. The average Bonchev–Trinajstić information content (AvgIpc) is 3.03. The lowest BCUT2D eigenvalue weighted by molar-refractivity contribution is -0.122. The Morgan fingerprint density at radius 1 is 1.00 bits per heavy atom. The molecule has 0 radical (unpaired) electrons. The van der Waals surface area contributed by atoms with Gasteiger partial charge in [0.25, 0.3) is 0 Å². The van der Waals surface area contributed by atoms with Gasteiger partial charge in [-0.25, -0.2) is 4.98 Å². The smallest absolute Gasteiger partial charge is 0.240 e. The molecule has 1 aliphatic rings. The van der Waals surface area contributed by atoms with Crippen LogP contribution in [0.1, 0.15) is 38.1 Å². The van der Waals surface area contributed by atoms with E-state index in [2.05, 4.69) is 4.57 Å². The number of aromatic nitrogens is 2. The van der Waals surface area contributed by atoms with Crippen LogP contribution in [0.2, 0.25) is 0 Å². The molecule has 4 nitrogen and oxygen atoms in total. The number of fused-ring (bicyclic) bond motifs is 1. The first-order valence-electron chi connectivity index (χ1n) is 9.07. The van der Waals surface area contributed by atoms with Crippen molar-refractivity contribution in [1.29, 1.82) is 0 Å². The third kappa shape index (κ3) is 3.34. The maximum absolute atomic E-state index is 12.5. The summed E-state index contributed by atoms with van der Waals surface area (Å²) in [6, 6.07) is 17.7. The summed E-state index contributed by atoms with van der Waals surface area (Å²) in [5.41, 5.74) is 8.81. The minimum absolute atomic E-state index is 0. The average molecular weight is 370 g/mol. The van der Waals surface area contributed by atoms with E-state index in [9.17, 15) is 4.79 Å². The van der Waals surface area contributed by atoms with Crippen molar-refractivity contribution >= 4 is 29.3 Å². The van der Waals surface area contributed by atoms with Gasteiger partial charge < -0.3 is 10.3 Å². The SMILES string of the molecule is Cl.NC(=O)C(C1CCCCC1)n1c(-c2ccccc2)nc2ccccc21. The van der Waals surface area contributed by atoms with Crippen LogP contribution in [0.3, 0.4) is 0 Å². The number of carbonyl (C=O) groups excluding carboxylic acids is 1. The van der Waals surface area contributed by atoms with Crippen molar-refractivity contribution in [2.24, 2.45) is 11.7 Å². The molecule has 4 rings (SSSR count). The third-order valence-electron chi connectivity index (χ3n) is 5.29. The number of hydrogen-bond acceptors (Lipinski definition) is 2. The van der Waals surface area contributed by atoms with E-state index in [4.69, 9.17) is 10.7 Å². The topological polar surface area (TPSA) is 60.9 Å². The van der Waals surface area contributed by atoms with E-state index >= 15 is 0 Å². The summed E-state index contributed by atoms with van der Waals surface area (Å²) < 4.78 is 2.09. The molecule has 1 fully saturated rings. The molecule has 136 valence electrons. The molecule has 0 aliphatic heterocycles. The number of nitrogens with zero attached hydrogens (tertiary/aromatic N) is 2. The van der Waals surface area contributed by atoms with E-state index in [-0.39, 0.29) is 30.3 Å². The van der Waals surface area contributed by atoms with Crippen LogP contribution in [0.15, 0.2) is 54.6 Å². The highest BCUT2D eigenvalue weighted by molar-refractivity contribution is 5.86. The van der Waals surface area contributed by atoms with Gasteiger partial charge in [-0.2, -0.15) is 0 Å². The Labute approximate surface area is 159 Å². The number of benzene rings is 2. The Bertz CT molecular complexity index is 885. The van der Waals surface area contributed by atoms with Crippen molar-refractivity contribution in [3.63, 3.8) is 0 Å². The number of amides is 1. The van der Waals surface area contributed by atoms with Gasteiger partial charge in [-0.1, -0.05) is 61.7 Å². The van der Waals surface area contributed by atoms with Crippen LogP contribution in [0.4, 0.5) is 0 Å². The molecular weight excluding hydrogens is 346 g/mol. The van der Waals surface area contributed by atoms with Crippen LogP contribution in [0.25, 0.3) is 22.4 Å². The second-order valence-corrected chi connectivity index (χ2v) is 6.91. The zero-order valence-corrected chi connectivity index (χ0v) is 15.5. The first-order valence-corrected chi connectivity index (χ1v) is 9.07. The fraction of sp³-hybridized carbons (Fsp3) is 0.333. The Balaban J connectivity index is 0.00000196. The van der Waals surface area contributed by atoms with Crippen LogP contribution in [0, 0.1) is 5.92 Å². The summed E-state index contributed by atoms with van der Waals surface area (Å²) in [6.45, 7) is 0. The lowest BCUT2D eigenvalue weighted by atomic mass is 9.83. The molecule has 0 spiro atoms. The summed E-state index contributed by atoms with van der Waals surface area (Å²) in [5, 5.41) is 0. The van der Waals surface area contributed by atoms with Crippen molar-refractivity contribution in [3.8, 4) is 11.4 Å². The zero-order valence-electron chi connectivity index (χ0n) is 14.7. The normalized spacial score (nSPS) is 16.2. The fourth-order valence-electron chi connectivity index (χ4n) is 4.14. The van der Waals surface area contributed by atoms with Crippen LogP contribution in [-0.2, 0) is 4.79 Å². The third-order valence-corrected chi connectivity index (χ3v) is 5.29. The minimum atomic E-state index is -0.345. The molecule has 1 aromatic heterocycles. The van der Waals surface area contributed by atoms with Gasteiger partial charge in [-0.05, 0) is 30.9 Å². The highest BCUT2D eigenvalue weighted by Gasteiger charge is 2.32. The van der Waals surface area contributed by atoms with Gasteiger partial charge >= 0.3 is 0 Å². The van der Waals surface area contributed by atoms with Gasteiger partial charge in [-0.3, -0.25) is 4.79 Å². The molecule has 1 unspecified atom stereocenters. The van der Waals surface area contributed by atoms with Gasteiger partial charge in [0.2, 0.25) is 5.91 Å². The molecule has 1 aliphatic carbocycles. The summed E-state index contributed by atoms with van der Waals surface area (Å²) in [5.74, 6) is 0.856.